The highest BCUT2D eigenvalue weighted by Crippen LogP contribution is 2.48. The number of nitrogens with two attached hydrogens (primary N) is 1. The van der Waals surface area contributed by atoms with E-state index < -0.39 is 69.0 Å². The molecule has 0 aliphatic heterocycles. The number of benzene rings is 4. The molecule has 2 unspecified atom stereocenters. The summed E-state index contributed by atoms with van der Waals surface area (Å²) < 4.78 is 102. The Labute approximate surface area is 355 Å². The average Bonchev–Trinajstić information content (AvgIpc) is 3.96. The molecule has 4 aromatic carbocycles. The van der Waals surface area contributed by atoms with E-state index in [1.807, 2.05) is 0 Å². The highest BCUT2D eigenvalue weighted by atomic mass is 79.9. The predicted octanol–water partition coefficient (Wildman–Crippen LogP) is 9.17. The summed E-state index contributed by atoms with van der Waals surface area (Å²) in [4.78, 5) is 32.7. The molecule has 1 amide bonds. The quantitative estimate of drug-likeness (QED) is 0.113. The molecule has 2 N–H and O–H groups in total. The fourth-order valence-corrected chi connectivity index (χ4v) is 9.84. The SMILES string of the molecule is COc1ccc(CN(c2nn(CC(F)F)c3c(-n4c(C(OC(N)=O)C(c5cc(F)cc(F)c5)C(C)(C)C)nc5cc(Br)ccc5c4=O)ccc(Cl)c23)S(=O)(=O)C2CC2)cc1. The van der Waals surface area contributed by atoms with Crippen molar-refractivity contribution in [1.29, 1.82) is 0 Å². The Balaban J connectivity index is 1.58. The first-order chi connectivity index (χ1) is 28.3. The van der Waals surface area contributed by atoms with Crippen molar-refractivity contribution < 1.29 is 40.2 Å². The van der Waals surface area contributed by atoms with Crippen LogP contribution in [-0.2, 0) is 27.8 Å². The van der Waals surface area contributed by atoms with Crippen LogP contribution < -0.4 is 20.3 Å². The van der Waals surface area contributed by atoms with E-state index in [0.29, 0.717) is 34.7 Å². The Bertz CT molecular complexity index is 2790. The van der Waals surface area contributed by atoms with E-state index in [1.54, 1.807) is 51.1 Å². The van der Waals surface area contributed by atoms with Gasteiger partial charge in [-0.05, 0) is 84.0 Å². The Hall–Kier alpha value is -5.20. The highest BCUT2D eigenvalue weighted by molar-refractivity contribution is 9.10. The molecular formula is C41H38BrClF4N6O6S. The summed E-state index contributed by atoms with van der Waals surface area (Å²) >= 11 is 10.3. The lowest BCUT2D eigenvalue weighted by Crippen LogP contribution is -2.35. The topological polar surface area (TPSA) is 152 Å². The number of carbonyl (C=O) groups is 1. The molecule has 1 aliphatic rings. The van der Waals surface area contributed by atoms with Crippen LogP contribution in [0, 0.1) is 17.0 Å². The minimum absolute atomic E-state index is 0.0205. The van der Waals surface area contributed by atoms with E-state index in [4.69, 9.17) is 31.8 Å². The molecule has 6 aromatic rings. The third kappa shape index (κ3) is 8.41. The van der Waals surface area contributed by atoms with Gasteiger partial charge in [-0.3, -0.25) is 14.0 Å². The molecule has 60 heavy (non-hydrogen) atoms. The zero-order valence-electron chi connectivity index (χ0n) is 32.5. The Morgan fingerprint density at radius 2 is 1.70 bits per heavy atom. The number of hydrogen-bond donors (Lipinski definition) is 1. The van der Waals surface area contributed by atoms with Gasteiger partial charge in [0.05, 0.1) is 51.4 Å². The first kappa shape index (κ1) is 42.9. The summed E-state index contributed by atoms with van der Waals surface area (Å²) in [5.74, 6) is -3.11. The zero-order valence-corrected chi connectivity index (χ0v) is 35.7. The molecule has 12 nitrogen and oxygen atoms in total. The fraction of sp³-hybridized carbons (Fsp3) is 0.317. The number of hydrogen-bond acceptors (Lipinski definition) is 8. The van der Waals surface area contributed by atoms with Gasteiger partial charge in [0, 0.05) is 16.5 Å². The Morgan fingerprint density at radius 1 is 1.03 bits per heavy atom. The number of ether oxygens (including phenoxy) is 2. The van der Waals surface area contributed by atoms with Gasteiger partial charge in [-0.25, -0.2) is 40.1 Å². The van der Waals surface area contributed by atoms with Crippen LogP contribution in [0.4, 0.5) is 28.2 Å². The van der Waals surface area contributed by atoms with Crippen LogP contribution in [0.25, 0.3) is 27.5 Å². The molecule has 0 bridgehead atoms. The molecule has 1 saturated carbocycles. The average molecular weight is 934 g/mol. The molecule has 19 heteroatoms. The van der Waals surface area contributed by atoms with Gasteiger partial charge >= 0.3 is 6.09 Å². The van der Waals surface area contributed by atoms with Crippen molar-refractivity contribution in [2.24, 2.45) is 11.1 Å². The largest absolute Gasteiger partial charge is 0.497 e. The Morgan fingerprint density at radius 3 is 2.28 bits per heavy atom. The second-order valence-electron chi connectivity index (χ2n) is 15.5. The number of rotatable bonds is 13. The molecule has 7 rings (SSSR count). The van der Waals surface area contributed by atoms with Crippen molar-refractivity contribution in [3.05, 3.63) is 121 Å². The minimum Gasteiger partial charge on any atom is -0.497 e. The van der Waals surface area contributed by atoms with Crippen molar-refractivity contribution in [2.45, 2.75) is 70.4 Å². The second kappa shape index (κ2) is 16.3. The summed E-state index contributed by atoms with van der Waals surface area (Å²) in [6.45, 7) is 3.78. The number of nitrogens with zero attached hydrogens (tertiary/aromatic N) is 5. The van der Waals surface area contributed by atoms with Gasteiger partial charge in [0.15, 0.2) is 17.7 Å². The van der Waals surface area contributed by atoms with Crippen LogP contribution in [0.2, 0.25) is 5.02 Å². The number of fused-ring (bicyclic) bond motifs is 2. The molecule has 316 valence electrons. The van der Waals surface area contributed by atoms with Crippen LogP contribution in [0.5, 0.6) is 5.75 Å². The van der Waals surface area contributed by atoms with Crippen molar-refractivity contribution in [2.75, 3.05) is 11.4 Å². The maximum Gasteiger partial charge on any atom is 0.405 e. The van der Waals surface area contributed by atoms with Crippen molar-refractivity contribution >= 4 is 71.3 Å². The maximum absolute atomic E-state index is 15.0. The third-order valence-electron chi connectivity index (χ3n) is 10.2. The number of aromatic nitrogens is 4. The minimum atomic E-state index is -4.17. The van der Waals surface area contributed by atoms with E-state index in [2.05, 4.69) is 21.0 Å². The lowest BCUT2D eigenvalue weighted by atomic mass is 9.72. The summed E-state index contributed by atoms with van der Waals surface area (Å²) in [6.07, 6.45) is -5.31. The van der Waals surface area contributed by atoms with Gasteiger partial charge < -0.3 is 15.2 Å². The number of carbonyl (C=O) groups excluding carboxylic acids is 1. The number of sulfonamides is 1. The summed E-state index contributed by atoms with van der Waals surface area (Å²) in [5.41, 5.74) is 4.18. The van der Waals surface area contributed by atoms with Crippen molar-refractivity contribution in [3.8, 4) is 11.4 Å². The van der Waals surface area contributed by atoms with E-state index in [-0.39, 0.29) is 56.3 Å². The molecule has 2 heterocycles. The molecule has 0 spiro atoms. The van der Waals surface area contributed by atoms with Gasteiger partial charge in [0.2, 0.25) is 10.0 Å². The van der Waals surface area contributed by atoms with Crippen LogP contribution >= 0.6 is 27.5 Å². The third-order valence-corrected chi connectivity index (χ3v) is 13.2. The summed E-state index contributed by atoms with van der Waals surface area (Å²) in [6, 6.07) is 16.6. The fourth-order valence-electron chi connectivity index (χ4n) is 7.47. The van der Waals surface area contributed by atoms with E-state index in [0.717, 1.165) is 25.7 Å². The summed E-state index contributed by atoms with van der Waals surface area (Å²) in [7, 11) is -2.70. The molecule has 2 atom stereocenters. The highest BCUT2D eigenvalue weighted by Gasteiger charge is 2.44. The number of halogens is 6. The number of methoxy groups -OCH3 is 1. The second-order valence-corrected chi connectivity index (χ2v) is 18.9. The van der Waals surface area contributed by atoms with E-state index in [9.17, 15) is 30.8 Å². The molecule has 1 fully saturated rings. The standard InChI is InChI=1S/C41H38BrClF4N6O6S/c1-41(2,3)34(22-15-24(44)18-25(45)16-22)36(59-40(48)55)38-49-30-17-23(42)7-12-28(30)39(54)53(38)31-14-13-29(43)33-35(31)51(20-32(46)47)50-37(33)52(60(56,57)27-10-11-27)19-21-5-8-26(58-4)9-6-21/h5-9,12-18,27,32,34,36H,10-11,19-20H2,1-4H3,(H2,48,55). The lowest BCUT2D eigenvalue weighted by Gasteiger charge is -2.37. The van der Waals surface area contributed by atoms with Gasteiger partial charge in [-0.15, -0.1) is 0 Å². The normalized spacial score (nSPS) is 14.4. The number of amides is 1. The van der Waals surface area contributed by atoms with Crippen molar-refractivity contribution in [1.82, 2.24) is 19.3 Å². The van der Waals surface area contributed by atoms with Crippen LogP contribution in [0.15, 0.2) is 82.1 Å². The molecular weight excluding hydrogens is 896 g/mol. The molecule has 0 radical (unpaired) electrons. The number of anilines is 1. The van der Waals surface area contributed by atoms with Crippen LogP contribution in [0.3, 0.4) is 0 Å². The van der Waals surface area contributed by atoms with Crippen molar-refractivity contribution in [3.63, 3.8) is 0 Å². The van der Waals surface area contributed by atoms with Gasteiger partial charge in [-0.2, -0.15) is 5.10 Å². The van der Waals surface area contributed by atoms with Gasteiger partial charge in [0.25, 0.3) is 12.0 Å². The molecule has 0 saturated heterocycles. The predicted molar refractivity (Wildman–Crippen MR) is 222 cm³/mol. The summed E-state index contributed by atoms with van der Waals surface area (Å²) in [5, 5.41) is 3.57. The van der Waals surface area contributed by atoms with E-state index >= 15 is 4.79 Å². The first-order valence-corrected chi connectivity index (χ1v) is 21.2. The monoisotopic (exact) mass is 932 g/mol. The Kier molecular flexibility index (Phi) is 11.7. The van der Waals surface area contributed by atoms with E-state index in [1.165, 1.54) is 31.4 Å². The zero-order chi connectivity index (χ0) is 43.4. The smallest absolute Gasteiger partial charge is 0.405 e. The van der Waals surface area contributed by atoms with Crippen LogP contribution in [0.1, 0.15) is 62.6 Å². The maximum atomic E-state index is 15.0. The molecule has 2 aromatic heterocycles. The van der Waals surface area contributed by atoms with Gasteiger partial charge in [-0.1, -0.05) is 60.4 Å². The number of primary amides is 1. The van der Waals surface area contributed by atoms with Crippen LogP contribution in [-0.4, -0.2) is 52.6 Å². The molecule has 1 aliphatic carbocycles. The van der Waals surface area contributed by atoms with Gasteiger partial charge in [0.1, 0.15) is 23.9 Å². The number of alkyl halides is 2. The lowest BCUT2D eigenvalue weighted by molar-refractivity contribution is 0.0508. The first-order valence-electron chi connectivity index (χ1n) is 18.5.